The molecule has 0 saturated carbocycles. The molecular formula is C24H39F3N4O3. The summed E-state index contributed by atoms with van der Waals surface area (Å²) >= 11 is 0. The van der Waals surface area contributed by atoms with Crippen LogP contribution in [0.25, 0.3) is 0 Å². The van der Waals surface area contributed by atoms with Gasteiger partial charge in [-0.3, -0.25) is 4.74 Å². The molecule has 1 heterocycles. The van der Waals surface area contributed by atoms with Crippen LogP contribution in [0.4, 0.5) is 18.0 Å². The quantitative estimate of drug-likeness (QED) is 0.309. The molecule has 0 spiro atoms. The summed E-state index contributed by atoms with van der Waals surface area (Å²) in [6, 6.07) is 0. The Balaban J connectivity index is 3.18. The van der Waals surface area contributed by atoms with E-state index in [0.717, 1.165) is 12.0 Å². The van der Waals surface area contributed by atoms with Crippen LogP contribution in [0.1, 0.15) is 74.1 Å². The molecule has 7 nitrogen and oxygen atoms in total. The highest BCUT2D eigenvalue weighted by molar-refractivity contribution is 5.97. The average molecular weight is 489 g/mol. The van der Waals surface area contributed by atoms with E-state index >= 15 is 0 Å². The third kappa shape index (κ3) is 11.2. The number of alkyl halides is 3. The van der Waals surface area contributed by atoms with E-state index in [9.17, 15) is 18.0 Å². The number of likely N-dealkylation sites (tertiary alicyclic amines) is 1. The lowest BCUT2D eigenvalue weighted by atomic mass is 9.98. The van der Waals surface area contributed by atoms with E-state index < -0.39 is 24.2 Å². The van der Waals surface area contributed by atoms with Crippen LogP contribution >= 0.6 is 0 Å². The lowest BCUT2D eigenvalue weighted by molar-refractivity contribution is -0.345. The van der Waals surface area contributed by atoms with Crippen LogP contribution in [-0.4, -0.2) is 60.1 Å². The van der Waals surface area contributed by atoms with Crippen molar-refractivity contribution in [3.05, 3.63) is 23.0 Å². The number of nitrogens with zero attached hydrogens (tertiary/aromatic N) is 2. The van der Waals surface area contributed by atoms with Crippen molar-refractivity contribution in [3.8, 4) is 0 Å². The molecule has 0 atom stereocenters. The Morgan fingerprint density at radius 2 is 1.79 bits per heavy atom. The maximum absolute atomic E-state index is 12.6. The lowest BCUT2D eigenvalue weighted by Gasteiger charge is -2.35. The molecule has 1 rings (SSSR count). The molecule has 1 fully saturated rings. The molecule has 1 amide bonds. The molecule has 1 saturated heterocycles. The number of aliphatic imine (C=N–C) groups is 1. The Morgan fingerprint density at radius 1 is 1.21 bits per heavy atom. The summed E-state index contributed by atoms with van der Waals surface area (Å²) in [7, 11) is 0. The number of alkyl carbamates (subject to hydrolysis) is 1. The zero-order valence-corrected chi connectivity index (χ0v) is 21.4. The van der Waals surface area contributed by atoms with Crippen molar-refractivity contribution in [3.63, 3.8) is 0 Å². The van der Waals surface area contributed by atoms with E-state index in [1.807, 2.05) is 24.8 Å². The molecule has 10 heteroatoms. The van der Waals surface area contributed by atoms with Crippen LogP contribution in [-0.2, 0) is 9.47 Å². The average Bonchev–Trinajstić information content (AvgIpc) is 2.70. The molecule has 0 aliphatic carbocycles. The van der Waals surface area contributed by atoms with Crippen molar-refractivity contribution in [2.45, 2.75) is 92.2 Å². The SMILES string of the molecule is C/C=C(/CC)C/C(C(C)=N)=C(/N=C(C)CNC(=O)OC(C)(C)C)N1CCC(OC(F)(F)F)CC1. The number of carbonyl (C=O) groups excluding carboxylic acids is 1. The number of allylic oxidation sites excluding steroid dienone is 3. The summed E-state index contributed by atoms with van der Waals surface area (Å²) in [6.45, 7) is 13.5. The van der Waals surface area contributed by atoms with Crippen LogP contribution in [0.2, 0.25) is 0 Å². The second-order valence-corrected chi connectivity index (χ2v) is 9.36. The number of piperidine rings is 1. The van der Waals surface area contributed by atoms with Crippen LogP contribution in [0, 0.1) is 5.41 Å². The lowest BCUT2D eigenvalue weighted by Crippen LogP contribution is -2.39. The Hall–Kier alpha value is -2.36. The Labute approximate surface area is 201 Å². The molecular weight excluding hydrogens is 449 g/mol. The standard InChI is InChI=1S/C24H39F3N4O3/c1-8-18(9-2)14-20(17(4)28)21(30-16(3)15-29-22(32)34-23(5,6)7)31-12-10-19(11-13-31)33-24(25,26)27/h8,19,28H,9-15H2,1-7H3,(H,29,32)/b18-8-,21-20+,28-17?,30-16?. The van der Waals surface area contributed by atoms with Crippen molar-refractivity contribution in [1.29, 1.82) is 5.41 Å². The smallest absolute Gasteiger partial charge is 0.444 e. The first-order chi connectivity index (χ1) is 15.6. The number of rotatable bonds is 9. The minimum Gasteiger partial charge on any atom is -0.444 e. The van der Waals surface area contributed by atoms with E-state index in [1.165, 1.54) is 0 Å². The highest BCUT2D eigenvalue weighted by atomic mass is 19.4. The molecule has 0 bridgehead atoms. The summed E-state index contributed by atoms with van der Waals surface area (Å²) < 4.78 is 47.4. The fourth-order valence-corrected chi connectivity index (χ4v) is 3.48. The van der Waals surface area contributed by atoms with Gasteiger partial charge in [0.05, 0.1) is 12.6 Å². The van der Waals surface area contributed by atoms with Gasteiger partial charge in [0.25, 0.3) is 0 Å². The summed E-state index contributed by atoms with van der Waals surface area (Å²) in [5.74, 6) is 0.550. The molecule has 0 aromatic heterocycles. The Kier molecular flexibility index (Phi) is 11.3. The van der Waals surface area contributed by atoms with Gasteiger partial charge in [-0.25, -0.2) is 9.79 Å². The minimum atomic E-state index is -4.66. The van der Waals surface area contributed by atoms with Crippen LogP contribution < -0.4 is 5.32 Å². The van der Waals surface area contributed by atoms with Gasteiger partial charge in [-0.05, 0) is 67.2 Å². The number of hydrogen-bond donors (Lipinski definition) is 2. The van der Waals surface area contributed by atoms with Crippen LogP contribution in [0.5, 0.6) is 0 Å². The van der Waals surface area contributed by atoms with E-state index in [4.69, 9.17) is 15.1 Å². The zero-order valence-electron chi connectivity index (χ0n) is 21.4. The third-order valence-corrected chi connectivity index (χ3v) is 5.21. The van der Waals surface area contributed by atoms with Crippen molar-refractivity contribution in [1.82, 2.24) is 10.2 Å². The maximum atomic E-state index is 12.6. The molecule has 2 N–H and O–H groups in total. The molecule has 0 unspecified atom stereocenters. The predicted octanol–water partition coefficient (Wildman–Crippen LogP) is 5.97. The van der Waals surface area contributed by atoms with Gasteiger partial charge in [-0.1, -0.05) is 18.6 Å². The summed E-state index contributed by atoms with van der Waals surface area (Å²) in [4.78, 5) is 18.6. The van der Waals surface area contributed by atoms with E-state index in [-0.39, 0.29) is 19.4 Å². The first-order valence-electron chi connectivity index (χ1n) is 11.6. The van der Waals surface area contributed by atoms with Gasteiger partial charge in [0, 0.05) is 30.1 Å². The van der Waals surface area contributed by atoms with E-state index in [1.54, 1.807) is 34.6 Å². The van der Waals surface area contributed by atoms with Gasteiger partial charge in [0.15, 0.2) is 0 Å². The molecule has 194 valence electrons. The number of amides is 1. The van der Waals surface area contributed by atoms with E-state index in [2.05, 4.69) is 10.1 Å². The van der Waals surface area contributed by atoms with Crippen molar-refractivity contribution >= 4 is 17.5 Å². The van der Waals surface area contributed by atoms with Crippen molar-refractivity contribution in [2.24, 2.45) is 4.99 Å². The number of carbonyl (C=O) groups is 1. The predicted molar refractivity (Wildman–Crippen MR) is 128 cm³/mol. The van der Waals surface area contributed by atoms with Crippen molar-refractivity contribution < 1.29 is 27.4 Å². The van der Waals surface area contributed by atoms with Gasteiger partial charge in [0.1, 0.15) is 11.4 Å². The first kappa shape index (κ1) is 29.7. The van der Waals surface area contributed by atoms with E-state index in [0.29, 0.717) is 42.3 Å². The fraction of sp³-hybridized carbons (Fsp3) is 0.708. The summed E-state index contributed by atoms with van der Waals surface area (Å²) in [6.07, 6.45) is -2.40. The number of hydrogen-bond acceptors (Lipinski definition) is 6. The van der Waals surface area contributed by atoms with Crippen molar-refractivity contribution in [2.75, 3.05) is 19.6 Å². The van der Waals surface area contributed by atoms with Gasteiger partial charge in [-0.2, -0.15) is 0 Å². The molecule has 1 aliphatic heterocycles. The van der Waals surface area contributed by atoms with Gasteiger partial charge in [0.2, 0.25) is 0 Å². The molecule has 0 aromatic rings. The first-order valence-corrected chi connectivity index (χ1v) is 11.6. The van der Waals surface area contributed by atoms with Crippen LogP contribution in [0.15, 0.2) is 28.0 Å². The Bertz CT molecular complexity index is 803. The zero-order chi connectivity index (χ0) is 26.1. The number of ether oxygens (including phenoxy) is 2. The van der Waals surface area contributed by atoms with Gasteiger partial charge in [-0.15, -0.1) is 13.2 Å². The highest BCUT2D eigenvalue weighted by Gasteiger charge is 2.35. The largest absolute Gasteiger partial charge is 0.522 e. The molecule has 0 radical (unpaired) electrons. The molecule has 0 aromatic carbocycles. The topological polar surface area (TPSA) is 87.0 Å². The summed E-state index contributed by atoms with van der Waals surface area (Å²) in [5, 5.41) is 11.0. The Morgan fingerprint density at radius 3 is 2.24 bits per heavy atom. The molecule has 34 heavy (non-hydrogen) atoms. The highest BCUT2D eigenvalue weighted by Crippen LogP contribution is 2.29. The number of nitrogens with one attached hydrogen (secondary N) is 2. The van der Waals surface area contributed by atoms with Gasteiger partial charge >= 0.3 is 12.5 Å². The number of halogens is 3. The second kappa shape index (κ2) is 12.9. The monoisotopic (exact) mass is 488 g/mol. The maximum Gasteiger partial charge on any atom is 0.522 e. The van der Waals surface area contributed by atoms with Gasteiger partial charge < -0.3 is 20.4 Å². The summed E-state index contributed by atoms with van der Waals surface area (Å²) in [5.41, 5.74) is 2.15. The minimum absolute atomic E-state index is 0.140. The fourth-order valence-electron chi connectivity index (χ4n) is 3.48. The molecule has 1 aliphatic rings. The third-order valence-electron chi connectivity index (χ3n) is 5.21. The van der Waals surface area contributed by atoms with Crippen LogP contribution in [0.3, 0.4) is 0 Å². The second-order valence-electron chi connectivity index (χ2n) is 9.36. The normalized spacial score (nSPS) is 17.4.